The molecular formula is C62H40N6. The number of rotatable bonds is 8. The Bertz CT molecular complexity index is 3930. The zero-order chi connectivity index (χ0) is 45.0. The molecule has 4 aromatic heterocycles. The lowest BCUT2D eigenvalue weighted by molar-refractivity contribution is 0.953. The van der Waals surface area contributed by atoms with E-state index in [9.17, 15) is 0 Å². The maximum absolute atomic E-state index is 5.29. The van der Waals surface area contributed by atoms with Crippen molar-refractivity contribution in [3.63, 3.8) is 0 Å². The van der Waals surface area contributed by atoms with Crippen molar-refractivity contribution in [2.75, 3.05) is 0 Å². The minimum Gasteiger partial charge on any atom is -0.309 e. The third kappa shape index (κ3) is 6.74. The molecule has 0 atom stereocenters. The van der Waals surface area contributed by atoms with E-state index in [-0.39, 0.29) is 0 Å². The fourth-order valence-corrected chi connectivity index (χ4v) is 9.80. The molecule has 0 aliphatic carbocycles. The molecule has 0 aliphatic heterocycles. The lowest BCUT2D eigenvalue weighted by Gasteiger charge is -2.13. The Hall–Kier alpha value is -9.26. The first-order chi connectivity index (χ1) is 33.7. The molecule has 6 heteroatoms. The first-order valence-corrected chi connectivity index (χ1v) is 22.9. The van der Waals surface area contributed by atoms with E-state index in [2.05, 4.69) is 215 Å². The van der Waals surface area contributed by atoms with Crippen LogP contribution in [-0.2, 0) is 0 Å². The van der Waals surface area contributed by atoms with Crippen LogP contribution in [-0.4, -0.2) is 29.1 Å². The molecular weight excluding hydrogens is 829 g/mol. The maximum atomic E-state index is 5.29. The van der Waals surface area contributed by atoms with E-state index in [4.69, 9.17) is 19.9 Å². The van der Waals surface area contributed by atoms with E-state index >= 15 is 0 Å². The van der Waals surface area contributed by atoms with Crippen molar-refractivity contribution in [3.05, 3.63) is 243 Å². The van der Waals surface area contributed by atoms with Gasteiger partial charge in [0, 0.05) is 49.5 Å². The van der Waals surface area contributed by atoms with Crippen LogP contribution in [0.4, 0.5) is 0 Å². The van der Waals surface area contributed by atoms with Gasteiger partial charge in [-0.3, -0.25) is 4.57 Å². The highest BCUT2D eigenvalue weighted by Gasteiger charge is 2.23. The molecule has 0 bridgehead atoms. The molecule has 9 aromatic carbocycles. The molecule has 0 fully saturated rings. The predicted octanol–water partition coefficient (Wildman–Crippen LogP) is 15.5. The number of fused-ring (bicyclic) bond motifs is 7. The number of nitrogens with zero attached hydrogens (tertiary/aromatic N) is 6. The van der Waals surface area contributed by atoms with E-state index in [0.717, 1.165) is 94.4 Å². The molecule has 4 heterocycles. The number of para-hydroxylation sites is 2. The molecule has 13 aromatic rings. The molecule has 0 radical (unpaired) electrons. The topological polar surface area (TPSA) is 61.4 Å². The Balaban J connectivity index is 1.00. The first kappa shape index (κ1) is 39.1. The zero-order valence-electron chi connectivity index (χ0n) is 36.8. The molecule has 0 N–H and O–H groups in total. The molecule has 13 rings (SSSR count). The summed E-state index contributed by atoms with van der Waals surface area (Å²) in [5.74, 6) is 1.78. The second-order valence-corrected chi connectivity index (χ2v) is 17.1. The molecule has 318 valence electrons. The summed E-state index contributed by atoms with van der Waals surface area (Å²) in [6.07, 6.45) is 0. The van der Waals surface area contributed by atoms with Crippen molar-refractivity contribution in [2.45, 2.75) is 0 Å². The molecule has 0 spiro atoms. The van der Waals surface area contributed by atoms with Gasteiger partial charge in [0.15, 0.2) is 11.6 Å². The highest BCUT2D eigenvalue weighted by atomic mass is 15.2. The van der Waals surface area contributed by atoms with Gasteiger partial charge in [-0.05, 0) is 70.8 Å². The maximum Gasteiger partial charge on any atom is 0.238 e. The molecule has 68 heavy (non-hydrogen) atoms. The van der Waals surface area contributed by atoms with Gasteiger partial charge in [0.25, 0.3) is 0 Å². The summed E-state index contributed by atoms with van der Waals surface area (Å²) in [5.41, 5.74) is 15.7. The Morgan fingerprint density at radius 3 is 1.25 bits per heavy atom. The summed E-state index contributed by atoms with van der Waals surface area (Å²) < 4.78 is 4.62. The van der Waals surface area contributed by atoms with Crippen molar-refractivity contribution in [1.82, 2.24) is 29.1 Å². The van der Waals surface area contributed by atoms with Crippen LogP contribution < -0.4 is 0 Å². The van der Waals surface area contributed by atoms with E-state index < -0.39 is 0 Å². The van der Waals surface area contributed by atoms with Crippen LogP contribution in [0.15, 0.2) is 243 Å². The van der Waals surface area contributed by atoms with Gasteiger partial charge in [-0.15, -0.1) is 0 Å². The average Bonchev–Trinajstić information content (AvgIpc) is 3.95. The van der Waals surface area contributed by atoms with E-state index in [1.54, 1.807) is 0 Å². The van der Waals surface area contributed by atoms with Crippen molar-refractivity contribution in [3.8, 4) is 79.2 Å². The summed E-state index contributed by atoms with van der Waals surface area (Å²) in [4.78, 5) is 20.8. The lowest BCUT2D eigenvalue weighted by atomic mass is 9.99. The number of hydrogen-bond donors (Lipinski definition) is 0. The Labute approximate surface area is 392 Å². The second kappa shape index (κ2) is 16.3. The van der Waals surface area contributed by atoms with Crippen LogP contribution in [0.1, 0.15) is 0 Å². The van der Waals surface area contributed by atoms with Gasteiger partial charge in [0.1, 0.15) is 0 Å². The van der Waals surface area contributed by atoms with E-state index in [0.29, 0.717) is 17.6 Å². The average molecular weight is 869 g/mol. The van der Waals surface area contributed by atoms with Gasteiger partial charge in [0.05, 0.1) is 33.5 Å². The fraction of sp³-hybridized carbons (Fsp3) is 0. The summed E-state index contributed by atoms with van der Waals surface area (Å²) in [6, 6.07) is 85.1. The van der Waals surface area contributed by atoms with Gasteiger partial charge in [-0.25, -0.2) is 9.97 Å². The third-order valence-electron chi connectivity index (χ3n) is 13.0. The summed E-state index contributed by atoms with van der Waals surface area (Å²) >= 11 is 0. The summed E-state index contributed by atoms with van der Waals surface area (Å²) in [5, 5.41) is 4.62. The fourth-order valence-electron chi connectivity index (χ4n) is 9.80. The molecule has 0 amide bonds. The van der Waals surface area contributed by atoms with Gasteiger partial charge in [-0.2, -0.15) is 9.97 Å². The van der Waals surface area contributed by atoms with Crippen LogP contribution in [0, 0.1) is 0 Å². The van der Waals surface area contributed by atoms with Crippen molar-refractivity contribution >= 4 is 43.6 Å². The molecule has 0 saturated heterocycles. The van der Waals surface area contributed by atoms with Crippen LogP contribution in [0.25, 0.3) is 123 Å². The largest absolute Gasteiger partial charge is 0.309 e. The summed E-state index contributed by atoms with van der Waals surface area (Å²) in [7, 11) is 0. The van der Waals surface area contributed by atoms with Crippen LogP contribution >= 0.6 is 0 Å². The highest BCUT2D eigenvalue weighted by Crippen LogP contribution is 2.43. The number of pyridine rings is 1. The van der Waals surface area contributed by atoms with Crippen molar-refractivity contribution < 1.29 is 0 Å². The molecule has 0 unspecified atom stereocenters. The van der Waals surface area contributed by atoms with Gasteiger partial charge >= 0.3 is 0 Å². The quantitative estimate of drug-likeness (QED) is 0.153. The minimum atomic E-state index is 0.560. The third-order valence-corrected chi connectivity index (χ3v) is 13.0. The highest BCUT2D eigenvalue weighted by molar-refractivity contribution is 6.28. The van der Waals surface area contributed by atoms with Crippen LogP contribution in [0.3, 0.4) is 0 Å². The summed E-state index contributed by atoms with van der Waals surface area (Å²) in [6.45, 7) is 0. The lowest BCUT2D eigenvalue weighted by Crippen LogP contribution is -2.06. The Morgan fingerprint density at radius 2 is 0.676 bits per heavy atom. The predicted molar refractivity (Wildman–Crippen MR) is 279 cm³/mol. The Kier molecular flexibility index (Phi) is 9.39. The standard InChI is InChI=1S/C62H40N6/c1-5-18-41(19-6-1)42-32-34-46(35-33-42)61-64-60(45-24-11-4-12-25-45)65-62(66-61)68-55-31-16-14-29-51(55)59-57(68)37-36-56-58(59)50-28-13-15-30-54(50)67(56)49-27-17-26-47(38-49)48-39-52(43-20-7-2-8-21-43)63-53(40-48)44-22-9-3-10-23-44/h1-40H. The SMILES string of the molecule is c1ccc(-c2ccc(-c3nc(-c4ccccc4)nc(-n4c5ccccc5c5c6c7ccccc7n(-c7cccc(-c8cc(-c9ccccc9)nc(-c9ccccc9)c8)c7)c6ccc54)n3)cc2)cc1. The van der Waals surface area contributed by atoms with E-state index in [1.807, 2.05) is 36.4 Å². The molecule has 0 aliphatic rings. The second-order valence-electron chi connectivity index (χ2n) is 17.1. The van der Waals surface area contributed by atoms with Gasteiger partial charge < -0.3 is 4.57 Å². The number of aromatic nitrogens is 6. The van der Waals surface area contributed by atoms with Crippen LogP contribution in [0.5, 0.6) is 0 Å². The van der Waals surface area contributed by atoms with Crippen LogP contribution in [0.2, 0.25) is 0 Å². The van der Waals surface area contributed by atoms with Gasteiger partial charge in [0.2, 0.25) is 5.95 Å². The number of benzene rings is 9. The molecule has 0 saturated carbocycles. The van der Waals surface area contributed by atoms with Gasteiger partial charge in [-0.1, -0.05) is 194 Å². The van der Waals surface area contributed by atoms with Crippen molar-refractivity contribution in [1.29, 1.82) is 0 Å². The first-order valence-electron chi connectivity index (χ1n) is 22.9. The Morgan fingerprint density at radius 1 is 0.250 bits per heavy atom. The minimum absolute atomic E-state index is 0.560. The monoisotopic (exact) mass is 868 g/mol. The van der Waals surface area contributed by atoms with Crippen molar-refractivity contribution in [2.24, 2.45) is 0 Å². The molecule has 6 nitrogen and oxygen atoms in total. The zero-order valence-corrected chi connectivity index (χ0v) is 36.8. The normalized spacial score (nSPS) is 11.5. The van der Waals surface area contributed by atoms with E-state index in [1.165, 1.54) is 10.8 Å². The smallest absolute Gasteiger partial charge is 0.238 e. The number of hydrogen-bond acceptors (Lipinski definition) is 4.